The Hall–Kier alpha value is -4.22. The first-order chi connectivity index (χ1) is 19.4. The van der Waals surface area contributed by atoms with Gasteiger partial charge >= 0.3 is 0 Å². The molecule has 1 aliphatic heterocycles. The zero-order chi connectivity index (χ0) is 28.5. The van der Waals surface area contributed by atoms with Gasteiger partial charge in [-0.25, -0.2) is 14.4 Å². The van der Waals surface area contributed by atoms with Gasteiger partial charge in [0.1, 0.15) is 17.3 Å². The molecule has 9 nitrogen and oxygen atoms in total. The maximum Gasteiger partial charge on any atom is 0.254 e. The van der Waals surface area contributed by atoms with Crippen LogP contribution in [0.4, 0.5) is 10.2 Å². The molecule has 1 aromatic heterocycles. The Morgan fingerprint density at radius 1 is 1.00 bits per heavy atom. The third kappa shape index (κ3) is 7.04. The number of aliphatic hydroxyl groups excluding tert-OH is 2. The molecule has 3 aromatic carbocycles. The number of benzene rings is 3. The van der Waals surface area contributed by atoms with E-state index < -0.39 is 17.8 Å². The number of aromatic nitrogens is 2. The SMILES string of the molecule is N[C@H](CO)c1ccccc1.Nc1ncc(C2COC2)nc1-c1ccc(C(=O)N[C@H](CO)c2ccccc2)c(F)c1. The molecule has 1 amide bonds. The molecule has 1 aliphatic rings. The molecule has 4 aromatic rings. The number of nitrogens with zero attached hydrogens (tertiary/aromatic N) is 2. The van der Waals surface area contributed by atoms with Crippen LogP contribution in [0.2, 0.25) is 0 Å². The first kappa shape index (κ1) is 28.8. The fourth-order valence-electron chi connectivity index (χ4n) is 4.04. The summed E-state index contributed by atoms with van der Waals surface area (Å²) in [7, 11) is 0. The fourth-order valence-corrected chi connectivity index (χ4v) is 4.04. The summed E-state index contributed by atoms with van der Waals surface area (Å²) in [6, 6.07) is 21.8. The molecule has 0 aliphatic carbocycles. The highest BCUT2D eigenvalue weighted by Gasteiger charge is 2.24. The summed E-state index contributed by atoms with van der Waals surface area (Å²) in [5.41, 5.74) is 14.6. The molecular weight excluding hydrogens is 513 g/mol. The molecule has 0 saturated carbocycles. The van der Waals surface area contributed by atoms with Crippen molar-refractivity contribution in [1.82, 2.24) is 15.3 Å². The van der Waals surface area contributed by atoms with Crippen LogP contribution in [-0.4, -0.2) is 52.5 Å². The van der Waals surface area contributed by atoms with Crippen molar-refractivity contribution in [2.24, 2.45) is 5.73 Å². The van der Waals surface area contributed by atoms with Crippen LogP contribution in [-0.2, 0) is 4.74 Å². The normalized spacial score (nSPS) is 14.3. The van der Waals surface area contributed by atoms with Gasteiger partial charge in [0.15, 0.2) is 0 Å². The summed E-state index contributed by atoms with van der Waals surface area (Å²) in [5.74, 6) is -1.00. The first-order valence-corrected chi connectivity index (χ1v) is 12.8. The minimum absolute atomic E-state index is 0.00398. The van der Waals surface area contributed by atoms with Crippen molar-refractivity contribution in [2.45, 2.75) is 18.0 Å². The second kappa shape index (κ2) is 13.7. The number of carbonyl (C=O) groups is 1. The topological polar surface area (TPSA) is 157 Å². The highest BCUT2D eigenvalue weighted by Crippen LogP contribution is 2.28. The number of nitrogens with one attached hydrogen (secondary N) is 1. The van der Waals surface area contributed by atoms with Crippen LogP contribution in [0.25, 0.3) is 11.3 Å². The number of hydrogen-bond acceptors (Lipinski definition) is 8. The zero-order valence-corrected chi connectivity index (χ0v) is 21.8. The standard InChI is InChI=1S/C22H21FN4O3.C8H11NO/c23-17-8-14(20-21(24)25-9-18(26-20)15-11-30-12-15)6-7-16(17)22(29)27-19(10-28)13-4-2-1-3-5-13;9-8(6-10)7-4-2-1-3-5-7/h1-9,15,19,28H,10-12H2,(H2,24,25)(H,27,29);1-5,8,10H,6,9H2/t19-;8-/m11/s1. The number of halogens is 1. The van der Waals surface area contributed by atoms with Crippen LogP contribution < -0.4 is 16.8 Å². The van der Waals surface area contributed by atoms with E-state index in [4.69, 9.17) is 21.3 Å². The predicted molar refractivity (Wildman–Crippen MR) is 150 cm³/mol. The Balaban J connectivity index is 0.000000312. The Kier molecular flexibility index (Phi) is 9.87. The third-order valence-corrected chi connectivity index (χ3v) is 6.48. The number of anilines is 1. The molecule has 10 heteroatoms. The van der Waals surface area contributed by atoms with E-state index in [-0.39, 0.29) is 36.6 Å². The summed E-state index contributed by atoms with van der Waals surface area (Å²) in [4.78, 5) is 21.3. The number of rotatable bonds is 8. The monoisotopic (exact) mass is 545 g/mol. The van der Waals surface area contributed by atoms with Gasteiger partial charge in [0.05, 0.1) is 56.0 Å². The Labute approximate surface area is 231 Å². The minimum Gasteiger partial charge on any atom is -0.394 e. The number of amides is 1. The molecule has 5 rings (SSSR count). The number of carbonyl (C=O) groups excluding carboxylic acids is 1. The van der Waals surface area contributed by atoms with Gasteiger partial charge in [0.2, 0.25) is 0 Å². The van der Waals surface area contributed by atoms with Gasteiger partial charge in [-0.1, -0.05) is 66.7 Å². The predicted octanol–water partition coefficient (Wildman–Crippen LogP) is 3.12. The molecule has 1 saturated heterocycles. The van der Waals surface area contributed by atoms with Crippen LogP contribution in [0.3, 0.4) is 0 Å². The number of ether oxygens (including phenoxy) is 1. The highest BCUT2D eigenvalue weighted by molar-refractivity contribution is 5.95. The fraction of sp³-hybridized carbons (Fsp3) is 0.233. The number of aliphatic hydroxyl groups is 2. The van der Waals surface area contributed by atoms with Crippen molar-refractivity contribution in [3.63, 3.8) is 0 Å². The summed E-state index contributed by atoms with van der Waals surface area (Å²) < 4.78 is 20.0. The van der Waals surface area contributed by atoms with E-state index in [2.05, 4.69) is 15.3 Å². The second-order valence-electron chi connectivity index (χ2n) is 9.28. The lowest BCUT2D eigenvalue weighted by atomic mass is 10.0. The lowest BCUT2D eigenvalue weighted by Gasteiger charge is -2.25. The largest absolute Gasteiger partial charge is 0.394 e. The summed E-state index contributed by atoms with van der Waals surface area (Å²) >= 11 is 0. The van der Waals surface area contributed by atoms with Crippen LogP contribution in [0, 0.1) is 5.82 Å². The molecule has 0 spiro atoms. The van der Waals surface area contributed by atoms with Crippen molar-refractivity contribution in [1.29, 1.82) is 0 Å². The molecule has 208 valence electrons. The molecule has 0 bridgehead atoms. The molecule has 0 unspecified atom stereocenters. The van der Waals surface area contributed by atoms with Gasteiger partial charge < -0.3 is 31.7 Å². The van der Waals surface area contributed by atoms with Crippen LogP contribution in [0.15, 0.2) is 85.1 Å². The van der Waals surface area contributed by atoms with E-state index >= 15 is 0 Å². The van der Waals surface area contributed by atoms with E-state index in [9.17, 15) is 14.3 Å². The molecule has 7 N–H and O–H groups in total. The van der Waals surface area contributed by atoms with Crippen LogP contribution in [0.1, 0.15) is 45.2 Å². The first-order valence-electron chi connectivity index (χ1n) is 12.8. The number of nitrogens with two attached hydrogens (primary N) is 2. The van der Waals surface area contributed by atoms with E-state index in [0.717, 1.165) is 16.8 Å². The molecule has 1 fully saturated rings. The average molecular weight is 546 g/mol. The van der Waals surface area contributed by atoms with Gasteiger partial charge in [-0.15, -0.1) is 0 Å². The van der Waals surface area contributed by atoms with Gasteiger partial charge in [0, 0.05) is 11.5 Å². The van der Waals surface area contributed by atoms with Crippen LogP contribution in [0.5, 0.6) is 0 Å². The maximum atomic E-state index is 14.8. The quantitative estimate of drug-likeness (QED) is 0.226. The Bertz CT molecular complexity index is 1400. The molecule has 2 atom stereocenters. The van der Waals surface area contributed by atoms with E-state index in [1.807, 2.05) is 36.4 Å². The van der Waals surface area contributed by atoms with Crippen molar-refractivity contribution < 1.29 is 24.1 Å². The van der Waals surface area contributed by atoms with E-state index in [1.165, 1.54) is 12.1 Å². The van der Waals surface area contributed by atoms with Crippen molar-refractivity contribution in [3.05, 3.63) is 113 Å². The van der Waals surface area contributed by atoms with E-state index in [1.54, 1.807) is 36.5 Å². The minimum atomic E-state index is -0.715. The van der Waals surface area contributed by atoms with E-state index in [0.29, 0.717) is 24.5 Å². The summed E-state index contributed by atoms with van der Waals surface area (Å²) in [6.45, 7) is 0.834. The van der Waals surface area contributed by atoms with Crippen molar-refractivity contribution >= 4 is 11.7 Å². The maximum absolute atomic E-state index is 14.8. The average Bonchev–Trinajstić information content (AvgIpc) is 2.96. The second-order valence-corrected chi connectivity index (χ2v) is 9.28. The highest BCUT2D eigenvalue weighted by atomic mass is 19.1. The molecule has 40 heavy (non-hydrogen) atoms. The van der Waals surface area contributed by atoms with Gasteiger partial charge in [-0.05, 0) is 23.3 Å². The Morgan fingerprint density at radius 2 is 1.65 bits per heavy atom. The number of nitrogen functional groups attached to an aromatic ring is 1. The molecular formula is C30H32FN5O4. The molecule has 2 heterocycles. The van der Waals surface area contributed by atoms with Crippen LogP contribution >= 0.6 is 0 Å². The summed E-state index contributed by atoms with van der Waals surface area (Å²) in [5, 5.41) is 20.9. The van der Waals surface area contributed by atoms with Gasteiger partial charge in [0.25, 0.3) is 5.91 Å². The van der Waals surface area contributed by atoms with Gasteiger partial charge in [-0.2, -0.15) is 0 Å². The lowest BCUT2D eigenvalue weighted by molar-refractivity contribution is 0.00662. The Morgan fingerprint density at radius 3 is 2.20 bits per heavy atom. The molecule has 0 radical (unpaired) electrons. The third-order valence-electron chi connectivity index (χ3n) is 6.48. The summed E-state index contributed by atoms with van der Waals surface area (Å²) in [6.07, 6.45) is 1.60. The van der Waals surface area contributed by atoms with Crippen molar-refractivity contribution in [3.8, 4) is 11.3 Å². The lowest BCUT2D eigenvalue weighted by Crippen LogP contribution is -2.31. The number of hydrogen-bond donors (Lipinski definition) is 5. The van der Waals surface area contributed by atoms with Gasteiger partial charge in [-0.3, -0.25) is 4.79 Å². The smallest absolute Gasteiger partial charge is 0.254 e. The van der Waals surface area contributed by atoms with Crippen molar-refractivity contribution in [2.75, 3.05) is 32.2 Å². The zero-order valence-electron chi connectivity index (χ0n) is 21.8.